The average Bonchev–Trinajstić information content (AvgIpc) is 3.13. The molecule has 1 aliphatic carbocycles. The lowest BCUT2D eigenvalue weighted by Gasteiger charge is -2.22. The molecule has 2 aliphatic rings. The van der Waals surface area contributed by atoms with E-state index in [-0.39, 0.29) is 18.0 Å². The van der Waals surface area contributed by atoms with Crippen molar-refractivity contribution < 1.29 is 9.59 Å². The van der Waals surface area contributed by atoms with Crippen LogP contribution in [0.25, 0.3) is 0 Å². The number of amides is 3. The Hall–Kier alpha value is -2.08. The van der Waals surface area contributed by atoms with E-state index in [9.17, 15) is 9.59 Å². The van der Waals surface area contributed by atoms with Crippen LogP contribution in [0.4, 0.5) is 4.79 Å². The molecule has 1 atom stereocenters. The third-order valence-corrected chi connectivity index (χ3v) is 5.69. The number of urea groups is 1. The van der Waals surface area contributed by atoms with Crippen LogP contribution in [-0.4, -0.2) is 48.6 Å². The summed E-state index contributed by atoms with van der Waals surface area (Å²) in [6, 6.07) is 10.9. The van der Waals surface area contributed by atoms with Crippen molar-refractivity contribution in [3.05, 3.63) is 35.9 Å². The fourth-order valence-corrected chi connectivity index (χ4v) is 4.17. The second-order valence-corrected chi connectivity index (χ2v) is 8.11. The fourth-order valence-electron chi connectivity index (χ4n) is 4.17. The Morgan fingerprint density at radius 2 is 1.75 bits per heavy atom. The van der Waals surface area contributed by atoms with Gasteiger partial charge in [0.15, 0.2) is 0 Å². The van der Waals surface area contributed by atoms with Gasteiger partial charge in [0.25, 0.3) is 0 Å². The number of nitrogens with one attached hydrogen (secondary N) is 3. The van der Waals surface area contributed by atoms with Gasteiger partial charge in [0, 0.05) is 44.7 Å². The third kappa shape index (κ3) is 7.15. The Labute approximate surface area is 168 Å². The Morgan fingerprint density at radius 3 is 2.54 bits per heavy atom. The molecule has 3 N–H and O–H groups in total. The molecule has 0 bridgehead atoms. The predicted molar refractivity (Wildman–Crippen MR) is 111 cm³/mol. The molecular weight excluding hydrogens is 352 g/mol. The molecule has 6 nitrogen and oxygen atoms in total. The van der Waals surface area contributed by atoms with Crippen molar-refractivity contribution in [1.82, 2.24) is 20.9 Å². The molecule has 1 saturated heterocycles. The Kier molecular flexibility index (Phi) is 8.15. The lowest BCUT2D eigenvalue weighted by molar-refractivity contribution is -0.121. The van der Waals surface area contributed by atoms with Gasteiger partial charge in [-0.25, -0.2) is 4.79 Å². The molecule has 154 valence electrons. The molecule has 0 aromatic heterocycles. The molecule has 1 unspecified atom stereocenters. The number of hydrogen-bond acceptors (Lipinski definition) is 3. The van der Waals surface area contributed by atoms with Crippen LogP contribution < -0.4 is 16.0 Å². The standard InChI is InChI=1S/C22H34N4O2/c27-21(12-7-14-23-22(28)25-19-10-5-2-6-11-19)24-20-13-15-26(17-20)16-18-8-3-1-4-9-18/h1,3-4,8-9,19-20H,2,5-7,10-17H2,(H,24,27)(H2,23,25,28). The maximum atomic E-state index is 12.2. The monoisotopic (exact) mass is 386 g/mol. The van der Waals surface area contributed by atoms with Gasteiger partial charge in [-0.3, -0.25) is 9.69 Å². The van der Waals surface area contributed by atoms with Gasteiger partial charge in [0.05, 0.1) is 0 Å². The molecule has 1 heterocycles. The molecule has 1 aliphatic heterocycles. The van der Waals surface area contributed by atoms with Crippen molar-refractivity contribution in [3.63, 3.8) is 0 Å². The van der Waals surface area contributed by atoms with Gasteiger partial charge in [-0.1, -0.05) is 49.6 Å². The van der Waals surface area contributed by atoms with Gasteiger partial charge in [-0.2, -0.15) is 0 Å². The summed E-state index contributed by atoms with van der Waals surface area (Å²) in [4.78, 5) is 26.4. The van der Waals surface area contributed by atoms with E-state index < -0.39 is 0 Å². The third-order valence-electron chi connectivity index (χ3n) is 5.69. The van der Waals surface area contributed by atoms with Crippen molar-refractivity contribution in [2.75, 3.05) is 19.6 Å². The first-order valence-electron chi connectivity index (χ1n) is 10.8. The highest BCUT2D eigenvalue weighted by molar-refractivity contribution is 5.76. The molecule has 0 spiro atoms. The molecule has 2 fully saturated rings. The van der Waals surface area contributed by atoms with Gasteiger partial charge < -0.3 is 16.0 Å². The SMILES string of the molecule is O=C(CCCNC(=O)NC1CCCCC1)NC1CCN(Cc2ccccc2)C1. The summed E-state index contributed by atoms with van der Waals surface area (Å²) in [6.45, 7) is 3.40. The van der Waals surface area contributed by atoms with Crippen LogP contribution in [0.3, 0.4) is 0 Å². The van der Waals surface area contributed by atoms with Gasteiger partial charge in [0.2, 0.25) is 5.91 Å². The quantitative estimate of drug-likeness (QED) is 0.602. The van der Waals surface area contributed by atoms with Gasteiger partial charge in [0.1, 0.15) is 0 Å². The largest absolute Gasteiger partial charge is 0.352 e. The zero-order valence-corrected chi connectivity index (χ0v) is 16.8. The van der Waals surface area contributed by atoms with Crippen LogP contribution >= 0.6 is 0 Å². The van der Waals surface area contributed by atoms with Crippen molar-refractivity contribution in [2.45, 2.75) is 70.0 Å². The smallest absolute Gasteiger partial charge is 0.315 e. The highest BCUT2D eigenvalue weighted by atomic mass is 16.2. The number of carbonyl (C=O) groups is 2. The van der Waals surface area contributed by atoms with Gasteiger partial charge >= 0.3 is 6.03 Å². The van der Waals surface area contributed by atoms with E-state index in [1.165, 1.54) is 24.8 Å². The van der Waals surface area contributed by atoms with Crippen LogP contribution in [0.5, 0.6) is 0 Å². The lowest BCUT2D eigenvalue weighted by atomic mass is 9.96. The van der Waals surface area contributed by atoms with Crippen LogP contribution in [0.2, 0.25) is 0 Å². The topological polar surface area (TPSA) is 73.5 Å². The van der Waals surface area contributed by atoms with Crippen LogP contribution in [0.1, 0.15) is 56.9 Å². The highest BCUT2D eigenvalue weighted by Gasteiger charge is 2.23. The number of likely N-dealkylation sites (tertiary alicyclic amines) is 1. The van der Waals surface area contributed by atoms with Crippen LogP contribution in [-0.2, 0) is 11.3 Å². The van der Waals surface area contributed by atoms with E-state index >= 15 is 0 Å². The second-order valence-electron chi connectivity index (χ2n) is 8.11. The number of rotatable bonds is 8. The number of benzene rings is 1. The maximum Gasteiger partial charge on any atom is 0.315 e. The molecule has 0 radical (unpaired) electrons. The predicted octanol–water partition coefficient (Wildman–Crippen LogP) is 2.79. The summed E-state index contributed by atoms with van der Waals surface area (Å²) in [6.07, 6.45) is 7.98. The van der Waals surface area contributed by atoms with Gasteiger partial charge in [-0.15, -0.1) is 0 Å². The molecule has 1 aromatic carbocycles. The van der Waals surface area contributed by atoms with Crippen LogP contribution in [0.15, 0.2) is 30.3 Å². The van der Waals surface area contributed by atoms with E-state index in [4.69, 9.17) is 0 Å². The summed E-state index contributed by atoms with van der Waals surface area (Å²) in [5, 5.41) is 9.05. The molecule has 28 heavy (non-hydrogen) atoms. The first-order chi connectivity index (χ1) is 13.7. The normalized spacial score (nSPS) is 20.6. The molecule has 1 aromatic rings. The summed E-state index contributed by atoms with van der Waals surface area (Å²) in [7, 11) is 0. The molecule has 3 amide bonds. The Bertz CT molecular complexity index is 616. The van der Waals surface area contributed by atoms with E-state index in [0.717, 1.165) is 38.9 Å². The second kappa shape index (κ2) is 11.1. The highest BCUT2D eigenvalue weighted by Crippen LogP contribution is 2.17. The zero-order valence-electron chi connectivity index (χ0n) is 16.8. The average molecular weight is 387 g/mol. The van der Waals surface area contributed by atoms with E-state index in [1.54, 1.807) is 0 Å². The van der Waals surface area contributed by atoms with Crippen molar-refractivity contribution >= 4 is 11.9 Å². The first-order valence-corrected chi connectivity index (χ1v) is 10.8. The molecular formula is C22H34N4O2. The minimum absolute atomic E-state index is 0.0843. The first kappa shape index (κ1) is 20.6. The van der Waals surface area contributed by atoms with E-state index in [1.807, 2.05) is 6.07 Å². The summed E-state index contributed by atoms with van der Waals surface area (Å²) < 4.78 is 0. The Balaban J connectivity index is 1.24. The Morgan fingerprint density at radius 1 is 0.964 bits per heavy atom. The molecule has 3 rings (SSSR count). The maximum absolute atomic E-state index is 12.2. The van der Waals surface area contributed by atoms with E-state index in [2.05, 4.69) is 45.1 Å². The minimum atomic E-state index is -0.0975. The molecule has 1 saturated carbocycles. The van der Waals surface area contributed by atoms with E-state index in [0.29, 0.717) is 25.4 Å². The molecule has 6 heteroatoms. The van der Waals surface area contributed by atoms with Crippen LogP contribution in [0, 0.1) is 0 Å². The van der Waals surface area contributed by atoms with Crippen molar-refractivity contribution in [1.29, 1.82) is 0 Å². The summed E-state index contributed by atoms with van der Waals surface area (Å²) >= 11 is 0. The number of hydrogen-bond donors (Lipinski definition) is 3. The lowest BCUT2D eigenvalue weighted by Crippen LogP contribution is -2.43. The summed E-state index contributed by atoms with van der Waals surface area (Å²) in [5.41, 5.74) is 1.31. The van der Waals surface area contributed by atoms with Crippen molar-refractivity contribution in [2.24, 2.45) is 0 Å². The fraction of sp³-hybridized carbons (Fsp3) is 0.636. The van der Waals surface area contributed by atoms with Crippen molar-refractivity contribution in [3.8, 4) is 0 Å². The minimum Gasteiger partial charge on any atom is -0.352 e. The number of nitrogens with zero attached hydrogens (tertiary/aromatic N) is 1. The summed E-state index contributed by atoms with van der Waals surface area (Å²) in [5.74, 6) is 0.0843. The zero-order chi connectivity index (χ0) is 19.6. The van der Waals surface area contributed by atoms with Gasteiger partial charge in [-0.05, 0) is 31.2 Å². The number of carbonyl (C=O) groups excluding carboxylic acids is 2.